The highest BCUT2D eigenvalue weighted by molar-refractivity contribution is 5.92. The molecule has 0 saturated carbocycles. The minimum atomic E-state index is -0.287. The van der Waals surface area contributed by atoms with Gasteiger partial charge in [-0.3, -0.25) is 9.59 Å². The maximum atomic E-state index is 12.7. The minimum absolute atomic E-state index is 0.0515. The number of para-hydroxylation sites is 1. The summed E-state index contributed by atoms with van der Waals surface area (Å²) in [5, 5.41) is 13.7. The number of nitrogens with zero attached hydrogens (tertiary/aromatic N) is 3. The first kappa shape index (κ1) is 15.4. The molecule has 0 aliphatic carbocycles. The quantitative estimate of drug-likeness (QED) is 0.924. The number of piperidine rings is 1. The molecule has 120 valence electrons. The predicted molar refractivity (Wildman–Crippen MR) is 85.6 cm³/mol. The van der Waals surface area contributed by atoms with Crippen LogP contribution in [0.3, 0.4) is 0 Å². The summed E-state index contributed by atoms with van der Waals surface area (Å²) in [7, 11) is 0. The van der Waals surface area contributed by atoms with E-state index in [1.807, 2.05) is 18.2 Å². The molecule has 0 spiro atoms. The van der Waals surface area contributed by atoms with Crippen LogP contribution in [0.5, 0.6) is 0 Å². The van der Waals surface area contributed by atoms with Gasteiger partial charge in [0.2, 0.25) is 0 Å². The molecule has 1 aromatic carbocycles. The van der Waals surface area contributed by atoms with Crippen molar-refractivity contribution in [3.63, 3.8) is 0 Å². The molecule has 0 radical (unpaired) electrons. The Morgan fingerprint density at radius 2 is 1.96 bits per heavy atom. The van der Waals surface area contributed by atoms with Crippen molar-refractivity contribution in [1.29, 1.82) is 0 Å². The van der Waals surface area contributed by atoms with Gasteiger partial charge in [-0.2, -0.15) is 9.78 Å². The number of benzene rings is 1. The van der Waals surface area contributed by atoms with E-state index in [-0.39, 0.29) is 29.8 Å². The lowest BCUT2D eigenvalue weighted by Crippen LogP contribution is -2.46. The summed E-state index contributed by atoms with van der Waals surface area (Å²) in [6.45, 7) is 0.556. The second-order valence-corrected chi connectivity index (χ2v) is 5.63. The van der Waals surface area contributed by atoms with Crippen molar-refractivity contribution < 1.29 is 9.90 Å². The Labute approximate surface area is 134 Å². The lowest BCUT2D eigenvalue weighted by Gasteiger charge is -2.34. The third-order valence-corrected chi connectivity index (χ3v) is 4.12. The fraction of sp³-hybridized carbons (Fsp3) is 0.353. The molecule has 1 fully saturated rings. The van der Waals surface area contributed by atoms with E-state index in [1.54, 1.807) is 17.0 Å². The maximum Gasteiger partial charge on any atom is 0.274 e. The second-order valence-electron chi connectivity index (χ2n) is 5.63. The first-order valence-electron chi connectivity index (χ1n) is 7.78. The predicted octanol–water partition coefficient (Wildman–Crippen LogP) is 1.22. The Hall–Kier alpha value is -2.47. The molecular formula is C17H19N3O3. The van der Waals surface area contributed by atoms with Crippen molar-refractivity contribution in [2.45, 2.75) is 25.3 Å². The number of aliphatic hydroxyl groups is 1. The summed E-state index contributed by atoms with van der Waals surface area (Å²) in [6, 6.07) is 11.6. The van der Waals surface area contributed by atoms with Gasteiger partial charge in [0.25, 0.3) is 11.5 Å². The van der Waals surface area contributed by atoms with Crippen molar-refractivity contribution in [3.05, 3.63) is 58.5 Å². The molecule has 2 heterocycles. The molecule has 1 aliphatic rings. The number of carbonyl (C=O) groups excluding carboxylic acids is 1. The van der Waals surface area contributed by atoms with E-state index in [1.165, 1.54) is 16.8 Å². The van der Waals surface area contributed by atoms with E-state index in [0.29, 0.717) is 12.2 Å². The van der Waals surface area contributed by atoms with E-state index in [0.717, 1.165) is 19.3 Å². The largest absolute Gasteiger partial charge is 0.394 e. The van der Waals surface area contributed by atoms with Gasteiger partial charge in [-0.1, -0.05) is 18.2 Å². The molecule has 6 nitrogen and oxygen atoms in total. The van der Waals surface area contributed by atoms with E-state index in [4.69, 9.17) is 0 Å². The molecule has 1 saturated heterocycles. The van der Waals surface area contributed by atoms with Crippen molar-refractivity contribution in [2.75, 3.05) is 13.2 Å². The van der Waals surface area contributed by atoms with Gasteiger partial charge in [0.05, 0.1) is 18.3 Å². The SMILES string of the molecule is O=C(c1ccc(=O)n(-c2ccccc2)n1)N1CCCCC1CO. The van der Waals surface area contributed by atoms with Gasteiger partial charge in [-0.25, -0.2) is 0 Å². The van der Waals surface area contributed by atoms with Gasteiger partial charge in [-0.05, 0) is 37.5 Å². The Morgan fingerprint density at radius 3 is 2.70 bits per heavy atom. The van der Waals surface area contributed by atoms with E-state index in [9.17, 15) is 14.7 Å². The van der Waals surface area contributed by atoms with E-state index < -0.39 is 0 Å². The van der Waals surface area contributed by atoms with Crippen LogP contribution < -0.4 is 5.56 Å². The Balaban J connectivity index is 1.94. The summed E-state index contributed by atoms with van der Waals surface area (Å²) in [5.74, 6) is -0.242. The van der Waals surface area contributed by atoms with Gasteiger partial charge in [0.15, 0.2) is 0 Å². The Morgan fingerprint density at radius 1 is 1.17 bits per heavy atom. The normalized spacial score (nSPS) is 18.0. The number of likely N-dealkylation sites (tertiary alicyclic amines) is 1. The average molecular weight is 313 g/mol. The highest BCUT2D eigenvalue weighted by Gasteiger charge is 2.28. The summed E-state index contributed by atoms with van der Waals surface area (Å²) in [6.07, 6.45) is 2.72. The van der Waals surface area contributed by atoms with Crippen molar-refractivity contribution in [1.82, 2.24) is 14.7 Å². The minimum Gasteiger partial charge on any atom is -0.394 e. The Bertz CT molecular complexity index is 742. The van der Waals surface area contributed by atoms with Crippen LogP contribution in [0.25, 0.3) is 5.69 Å². The number of hydrogen-bond donors (Lipinski definition) is 1. The summed E-state index contributed by atoms with van der Waals surface area (Å²) in [4.78, 5) is 26.4. The van der Waals surface area contributed by atoms with Gasteiger partial charge in [0.1, 0.15) is 5.69 Å². The molecule has 1 atom stereocenters. The lowest BCUT2D eigenvalue weighted by atomic mass is 10.0. The smallest absolute Gasteiger partial charge is 0.274 e. The highest BCUT2D eigenvalue weighted by atomic mass is 16.3. The molecule has 6 heteroatoms. The first-order valence-corrected chi connectivity index (χ1v) is 7.78. The number of carbonyl (C=O) groups is 1. The molecule has 0 bridgehead atoms. The number of hydrogen-bond acceptors (Lipinski definition) is 4. The Kier molecular flexibility index (Phi) is 4.52. The second kappa shape index (κ2) is 6.75. The summed E-state index contributed by atoms with van der Waals surface area (Å²) < 4.78 is 1.23. The molecule has 1 N–H and O–H groups in total. The van der Waals surface area contributed by atoms with Crippen LogP contribution >= 0.6 is 0 Å². The van der Waals surface area contributed by atoms with Crippen LogP contribution in [-0.2, 0) is 0 Å². The zero-order chi connectivity index (χ0) is 16.2. The number of aliphatic hydroxyl groups excluding tert-OH is 1. The van der Waals surface area contributed by atoms with Gasteiger partial charge in [-0.15, -0.1) is 0 Å². The average Bonchev–Trinajstić information content (AvgIpc) is 2.62. The van der Waals surface area contributed by atoms with E-state index in [2.05, 4.69) is 5.10 Å². The third-order valence-electron chi connectivity index (χ3n) is 4.12. The van der Waals surface area contributed by atoms with Gasteiger partial charge >= 0.3 is 0 Å². The van der Waals surface area contributed by atoms with Gasteiger partial charge < -0.3 is 10.0 Å². The summed E-state index contributed by atoms with van der Waals surface area (Å²) in [5.41, 5.74) is 0.545. The monoisotopic (exact) mass is 313 g/mol. The first-order chi connectivity index (χ1) is 11.2. The molecule has 1 aliphatic heterocycles. The van der Waals surface area contributed by atoms with Crippen LogP contribution in [0, 0.1) is 0 Å². The van der Waals surface area contributed by atoms with Crippen molar-refractivity contribution in [2.24, 2.45) is 0 Å². The van der Waals surface area contributed by atoms with Crippen LogP contribution in [-0.4, -0.2) is 44.9 Å². The fourth-order valence-electron chi connectivity index (χ4n) is 2.88. The fourth-order valence-corrected chi connectivity index (χ4v) is 2.88. The van der Waals surface area contributed by atoms with Crippen LogP contribution in [0.15, 0.2) is 47.3 Å². The molecule has 1 unspecified atom stereocenters. The zero-order valence-electron chi connectivity index (χ0n) is 12.8. The zero-order valence-corrected chi connectivity index (χ0v) is 12.8. The van der Waals surface area contributed by atoms with Crippen molar-refractivity contribution >= 4 is 5.91 Å². The topological polar surface area (TPSA) is 75.4 Å². The molecule has 23 heavy (non-hydrogen) atoms. The van der Waals surface area contributed by atoms with E-state index >= 15 is 0 Å². The lowest BCUT2D eigenvalue weighted by molar-refractivity contribution is 0.0495. The van der Waals surface area contributed by atoms with Crippen LogP contribution in [0.2, 0.25) is 0 Å². The molecule has 1 aromatic heterocycles. The standard InChI is InChI=1S/C17H19N3O3/c21-12-14-8-4-5-11-19(14)17(23)15-9-10-16(22)20(18-15)13-6-2-1-3-7-13/h1-3,6-7,9-10,14,21H,4-5,8,11-12H2. The van der Waals surface area contributed by atoms with Crippen molar-refractivity contribution in [3.8, 4) is 5.69 Å². The highest BCUT2D eigenvalue weighted by Crippen LogP contribution is 2.18. The number of aromatic nitrogens is 2. The summed E-state index contributed by atoms with van der Waals surface area (Å²) >= 11 is 0. The molecule has 1 amide bonds. The van der Waals surface area contributed by atoms with Gasteiger partial charge in [0, 0.05) is 12.6 Å². The molecule has 3 rings (SSSR count). The molecular weight excluding hydrogens is 294 g/mol. The molecule has 2 aromatic rings. The van der Waals surface area contributed by atoms with Crippen LogP contribution in [0.4, 0.5) is 0 Å². The maximum absolute atomic E-state index is 12.7. The number of amides is 1. The van der Waals surface area contributed by atoms with Crippen LogP contribution in [0.1, 0.15) is 29.8 Å². The number of rotatable bonds is 3. The third kappa shape index (κ3) is 3.17.